The number of aromatic nitrogens is 1. The molecule has 2 aromatic rings. The number of halogens is 1. The van der Waals surface area contributed by atoms with Gasteiger partial charge < -0.3 is 10.2 Å². The molecule has 2 aliphatic heterocycles. The van der Waals surface area contributed by atoms with Gasteiger partial charge in [0.25, 0.3) is 0 Å². The van der Waals surface area contributed by atoms with Gasteiger partial charge in [0, 0.05) is 30.9 Å². The van der Waals surface area contributed by atoms with Crippen LogP contribution in [0.3, 0.4) is 0 Å². The van der Waals surface area contributed by atoms with Crippen LogP contribution in [0.1, 0.15) is 36.4 Å². The average Bonchev–Trinajstić information content (AvgIpc) is 3.29. The Hall–Kier alpha value is -1.65. The van der Waals surface area contributed by atoms with E-state index in [4.69, 9.17) is 16.6 Å². The summed E-state index contributed by atoms with van der Waals surface area (Å²) in [7, 11) is 0. The topological polar surface area (TPSA) is 45.2 Å². The number of carbonyl (C=O) groups excluding carboxylic acids is 1. The van der Waals surface area contributed by atoms with Crippen LogP contribution in [-0.4, -0.2) is 41.5 Å². The number of carbonyl (C=O) groups is 1. The van der Waals surface area contributed by atoms with E-state index in [0.717, 1.165) is 66.1 Å². The minimum absolute atomic E-state index is 0.0993. The second-order valence-electron chi connectivity index (χ2n) is 6.88. The Kier molecular flexibility index (Phi) is 4.19. The zero-order valence-electron chi connectivity index (χ0n) is 13.9. The monoisotopic (exact) mass is 343 g/mol. The van der Waals surface area contributed by atoms with E-state index in [1.54, 1.807) is 0 Å². The summed E-state index contributed by atoms with van der Waals surface area (Å²) in [6, 6.07) is 7.99. The van der Waals surface area contributed by atoms with Gasteiger partial charge in [-0.25, -0.2) is 0 Å². The van der Waals surface area contributed by atoms with Crippen LogP contribution in [0.25, 0.3) is 10.9 Å². The first-order valence-electron chi connectivity index (χ1n) is 8.72. The number of nitrogens with one attached hydrogen (secondary N) is 1. The van der Waals surface area contributed by atoms with Gasteiger partial charge in [-0.05, 0) is 37.8 Å². The zero-order chi connectivity index (χ0) is 16.7. The van der Waals surface area contributed by atoms with Crippen LogP contribution in [0.4, 0.5) is 0 Å². The summed E-state index contributed by atoms with van der Waals surface area (Å²) < 4.78 is 0. The van der Waals surface area contributed by atoms with Gasteiger partial charge in [-0.1, -0.05) is 29.8 Å². The van der Waals surface area contributed by atoms with Crippen LogP contribution >= 0.6 is 11.6 Å². The van der Waals surface area contributed by atoms with E-state index in [1.807, 2.05) is 30.0 Å². The van der Waals surface area contributed by atoms with Crippen molar-refractivity contribution in [2.75, 3.05) is 19.6 Å². The van der Waals surface area contributed by atoms with Gasteiger partial charge in [0.15, 0.2) is 0 Å². The summed E-state index contributed by atoms with van der Waals surface area (Å²) in [6.45, 7) is 4.60. The first-order valence-corrected chi connectivity index (χ1v) is 9.10. The molecular weight excluding hydrogens is 322 g/mol. The maximum absolute atomic E-state index is 12.6. The Balaban J connectivity index is 1.60. The molecule has 2 saturated heterocycles. The number of fused-ring (bicyclic) bond motifs is 1. The molecule has 0 radical (unpaired) electrons. The molecular formula is C19H22ClN3O. The fourth-order valence-electron chi connectivity index (χ4n) is 3.94. The van der Waals surface area contributed by atoms with Gasteiger partial charge in [0.05, 0.1) is 22.3 Å². The zero-order valence-corrected chi connectivity index (χ0v) is 14.6. The molecule has 4 rings (SSSR count). The lowest BCUT2D eigenvalue weighted by molar-refractivity contribution is -0.132. The summed E-state index contributed by atoms with van der Waals surface area (Å²) in [4.78, 5) is 19.4. The molecule has 2 aliphatic rings. The molecule has 3 heterocycles. The lowest BCUT2D eigenvalue weighted by atomic mass is 9.97. The van der Waals surface area contributed by atoms with E-state index >= 15 is 0 Å². The van der Waals surface area contributed by atoms with Gasteiger partial charge >= 0.3 is 0 Å². The maximum atomic E-state index is 12.6. The number of nitrogens with zero attached hydrogens (tertiary/aromatic N) is 2. The molecule has 4 nitrogen and oxygen atoms in total. The number of hydrogen-bond acceptors (Lipinski definition) is 3. The highest BCUT2D eigenvalue weighted by Gasteiger charge is 2.35. The van der Waals surface area contributed by atoms with Gasteiger partial charge in [-0.15, -0.1) is 0 Å². The number of benzene rings is 1. The predicted molar refractivity (Wildman–Crippen MR) is 96.5 cm³/mol. The van der Waals surface area contributed by atoms with Crippen molar-refractivity contribution >= 4 is 28.4 Å². The Bertz CT molecular complexity index is 786. The lowest BCUT2D eigenvalue weighted by Crippen LogP contribution is -2.42. The van der Waals surface area contributed by atoms with Crippen molar-refractivity contribution in [3.63, 3.8) is 0 Å². The molecule has 2 atom stereocenters. The SMILES string of the molecule is Cc1c(Cl)c(C2CNC(C(=O)N3CCCC3)C2)nc2ccccc12. The average molecular weight is 344 g/mol. The van der Waals surface area contributed by atoms with Gasteiger partial charge in [-0.2, -0.15) is 0 Å². The van der Waals surface area contributed by atoms with Crippen molar-refractivity contribution in [2.45, 2.75) is 38.1 Å². The normalized spacial score (nSPS) is 24.0. The molecule has 2 fully saturated rings. The Morgan fingerprint density at radius 3 is 2.83 bits per heavy atom. The van der Waals surface area contributed by atoms with E-state index in [-0.39, 0.29) is 17.9 Å². The number of hydrogen-bond donors (Lipinski definition) is 1. The van der Waals surface area contributed by atoms with Crippen molar-refractivity contribution < 1.29 is 4.79 Å². The molecule has 0 saturated carbocycles. The lowest BCUT2D eigenvalue weighted by Gasteiger charge is -2.20. The summed E-state index contributed by atoms with van der Waals surface area (Å²) in [5.74, 6) is 0.431. The third-order valence-corrected chi connectivity index (χ3v) is 5.81. The van der Waals surface area contributed by atoms with Gasteiger partial charge in [-0.3, -0.25) is 9.78 Å². The molecule has 0 bridgehead atoms. The van der Waals surface area contributed by atoms with E-state index < -0.39 is 0 Å². The molecule has 1 aromatic carbocycles. The van der Waals surface area contributed by atoms with Crippen LogP contribution in [0.5, 0.6) is 0 Å². The van der Waals surface area contributed by atoms with Crippen molar-refractivity contribution in [1.82, 2.24) is 15.2 Å². The van der Waals surface area contributed by atoms with Crippen molar-refractivity contribution in [1.29, 1.82) is 0 Å². The first kappa shape index (κ1) is 15.9. The molecule has 1 N–H and O–H groups in total. The Labute approximate surface area is 147 Å². The fourth-order valence-corrected chi connectivity index (χ4v) is 4.24. The number of amides is 1. The van der Waals surface area contributed by atoms with Crippen LogP contribution in [0.2, 0.25) is 5.02 Å². The minimum atomic E-state index is -0.0993. The maximum Gasteiger partial charge on any atom is 0.239 e. The van der Waals surface area contributed by atoms with Crippen molar-refractivity contribution in [2.24, 2.45) is 0 Å². The third kappa shape index (κ3) is 2.68. The second-order valence-corrected chi connectivity index (χ2v) is 7.26. The molecule has 1 aromatic heterocycles. The first-order chi connectivity index (χ1) is 11.6. The molecule has 126 valence electrons. The van der Waals surface area contributed by atoms with E-state index in [9.17, 15) is 4.79 Å². The number of aryl methyl sites for hydroxylation is 1. The smallest absolute Gasteiger partial charge is 0.239 e. The second kappa shape index (κ2) is 6.34. The van der Waals surface area contributed by atoms with E-state index in [0.29, 0.717) is 0 Å². The van der Waals surface area contributed by atoms with Crippen LogP contribution in [0, 0.1) is 6.92 Å². The summed E-state index contributed by atoms with van der Waals surface area (Å²) >= 11 is 6.62. The van der Waals surface area contributed by atoms with E-state index in [1.165, 1.54) is 0 Å². The van der Waals surface area contributed by atoms with Gasteiger partial charge in [0.2, 0.25) is 5.91 Å². The van der Waals surface area contributed by atoms with Crippen LogP contribution < -0.4 is 5.32 Å². The quantitative estimate of drug-likeness (QED) is 0.910. The highest BCUT2D eigenvalue weighted by Crippen LogP contribution is 2.35. The van der Waals surface area contributed by atoms with Gasteiger partial charge in [0.1, 0.15) is 0 Å². The number of para-hydroxylation sites is 1. The molecule has 2 unspecified atom stereocenters. The molecule has 0 spiro atoms. The molecule has 1 amide bonds. The standard InChI is InChI=1S/C19H22ClN3O/c1-12-14-6-2-3-7-15(14)22-18(17(12)20)13-10-16(21-11-13)19(24)23-8-4-5-9-23/h2-3,6-7,13,16,21H,4-5,8-11H2,1H3. The number of likely N-dealkylation sites (tertiary alicyclic amines) is 1. The van der Waals surface area contributed by atoms with Crippen LogP contribution in [-0.2, 0) is 4.79 Å². The number of pyridine rings is 1. The highest BCUT2D eigenvalue weighted by atomic mass is 35.5. The van der Waals surface area contributed by atoms with Crippen LogP contribution in [0.15, 0.2) is 24.3 Å². The fraction of sp³-hybridized carbons (Fsp3) is 0.474. The largest absolute Gasteiger partial charge is 0.341 e. The molecule has 5 heteroatoms. The summed E-state index contributed by atoms with van der Waals surface area (Å²) in [6.07, 6.45) is 3.03. The highest BCUT2D eigenvalue weighted by molar-refractivity contribution is 6.33. The summed E-state index contributed by atoms with van der Waals surface area (Å²) in [5, 5.41) is 5.23. The Morgan fingerprint density at radius 1 is 1.29 bits per heavy atom. The van der Waals surface area contributed by atoms with E-state index in [2.05, 4.69) is 11.4 Å². The van der Waals surface area contributed by atoms with Crippen molar-refractivity contribution in [3.8, 4) is 0 Å². The van der Waals surface area contributed by atoms with Crippen molar-refractivity contribution in [3.05, 3.63) is 40.5 Å². The Morgan fingerprint density at radius 2 is 2.04 bits per heavy atom. The molecule has 0 aliphatic carbocycles. The third-order valence-electron chi connectivity index (χ3n) is 5.34. The predicted octanol–water partition coefficient (Wildman–Crippen LogP) is 3.26. The minimum Gasteiger partial charge on any atom is -0.341 e. The molecule has 24 heavy (non-hydrogen) atoms. The summed E-state index contributed by atoms with van der Waals surface area (Å²) in [5.41, 5.74) is 2.98. The number of rotatable bonds is 2.